The van der Waals surface area contributed by atoms with Gasteiger partial charge in [-0.05, 0) is 43.4 Å². The Kier molecular flexibility index (Phi) is 3.80. The Labute approximate surface area is 104 Å². The molecular formula is C13H17F3N2. The second kappa shape index (κ2) is 5.18. The van der Waals surface area contributed by atoms with Crippen molar-refractivity contribution in [2.45, 2.75) is 31.4 Å². The number of para-hydroxylation sites is 1. The van der Waals surface area contributed by atoms with E-state index in [4.69, 9.17) is 5.73 Å². The first-order valence-corrected chi connectivity index (χ1v) is 6.18. The van der Waals surface area contributed by atoms with Crippen LogP contribution >= 0.6 is 0 Å². The molecule has 0 saturated heterocycles. The third kappa shape index (κ3) is 2.61. The van der Waals surface area contributed by atoms with Gasteiger partial charge in [0.25, 0.3) is 0 Å². The summed E-state index contributed by atoms with van der Waals surface area (Å²) in [5, 5.41) is 2.93. The predicted octanol–water partition coefficient (Wildman–Crippen LogP) is 3.34. The van der Waals surface area contributed by atoms with Crippen LogP contribution in [0, 0.1) is 0 Å². The van der Waals surface area contributed by atoms with Crippen molar-refractivity contribution in [3.8, 4) is 0 Å². The van der Waals surface area contributed by atoms with E-state index in [1.54, 1.807) is 6.07 Å². The molecule has 0 radical (unpaired) electrons. The van der Waals surface area contributed by atoms with Crippen molar-refractivity contribution in [3.63, 3.8) is 0 Å². The highest BCUT2D eigenvalue weighted by molar-refractivity contribution is 5.60. The molecule has 100 valence electrons. The van der Waals surface area contributed by atoms with E-state index in [9.17, 15) is 13.2 Å². The Morgan fingerprint density at radius 2 is 2.11 bits per heavy atom. The van der Waals surface area contributed by atoms with Crippen molar-refractivity contribution in [3.05, 3.63) is 29.3 Å². The minimum absolute atomic E-state index is 0.127. The molecule has 1 aliphatic heterocycles. The summed E-state index contributed by atoms with van der Waals surface area (Å²) in [7, 11) is 0. The summed E-state index contributed by atoms with van der Waals surface area (Å²) >= 11 is 0. The fourth-order valence-electron chi connectivity index (χ4n) is 2.56. The zero-order valence-corrected chi connectivity index (χ0v) is 10.1. The maximum Gasteiger partial charge on any atom is 0.418 e. The summed E-state index contributed by atoms with van der Waals surface area (Å²) in [5.41, 5.74) is 5.99. The summed E-state index contributed by atoms with van der Waals surface area (Å²) in [4.78, 5) is 0. The Hall–Kier alpha value is -1.23. The van der Waals surface area contributed by atoms with Gasteiger partial charge in [0, 0.05) is 12.2 Å². The smallest absolute Gasteiger partial charge is 0.384 e. The molecule has 0 bridgehead atoms. The number of rotatable bonds is 2. The van der Waals surface area contributed by atoms with Crippen molar-refractivity contribution in [2.24, 2.45) is 5.73 Å². The second-order valence-electron chi connectivity index (χ2n) is 4.61. The minimum Gasteiger partial charge on any atom is -0.384 e. The number of hydrogen-bond donors (Lipinski definition) is 2. The van der Waals surface area contributed by atoms with Gasteiger partial charge in [-0.1, -0.05) is 12.1 Å². The van der Waals surface area contributed by atoms with Gasteiger partial charge in [-0.2, -0.15) is 13.2 Å². The lowest BCUT2D eigenvalue weighted by atomic mass is 9.89. The van der Waals surface area contributed by atoms with Crippen molar-refractivity contribution in [2.75, 3.05) is 18.4 Å². The monoisotopic (exact) mass is 258 g/mol. The van der Waals surface area contributed by atoms with Gasteiger partial charge < -0.3 is 11.1 Å². The standard InChI is InChI=1S/C13H17F3N2/c14-13(15,16)11-5-1-4-10-9(6-7-17)3-2-8-18-12(10)11/h1,4-5,9,18H,2-3,6-8,17H2. The largest absolute Gasteiger partial charge is 0.418 e. The third-order valence-electron chi connectivity index (χ3n) is 3.39. The number of hydrogen-bond acceptors (Lipinski definition) is 2. The summed E-state index contributed by atoms with van der Waals surface area (Å²) in [5.74, 6) is 0.127. The van der Waals surface area contributed by atoms with Gasteiger partial charge in [-0.15, -0.1) is 0 Å². The molecule has 0 amide bonds. The molecule has 2 rings (SSSR count). The zero-order valence-electron chi connectivity index (χ0n) is 10.1. The van der Waals surface area contributed by atoms with Gasteiger partial charge in [0.15, 0.2) is 0 Å². The summed E-state index contributed by atoms with van der Waals surface area (Å²) in [6.45, 7) is 1.08. The van der Waals surface area contributed by atoms with Gasteiger partial charge in [0.2, 0.25) is 0 Å². The van der Waals surface area contributed by atoms with Crippen molar-refractivity contribution in [1.82, 2.24) is 0 Å². The molecule has 1 aliphatic rings. The van der Waals surface area contributed by atoms with Gasteiger partial charge >= 0.3 is 6.18 Å². The van der Waals surface area contributed by atoms with Crippen LogP contribution in [0.25, 0.3) is 0 Å². The fourth-order valence-corrected chi connectivity index (χ4v) is 2.56. The fraction of sp³-hybridized carbons (Fsp3) is 0.538. The van der Waals surface area contributed by atoms with Crippen LogP contribution in [0.3, 0.4) is 0 Å². The molecule has 5 heteroatoms. The molecule has 1 atom stereocenters. The minimum atomic E-state index is -4.31. The lowest BCUT2D eigenvalue weighted by molar-refractivity contribution is -0.137. The maximum absolute atomic E-state index is 13.0. The molecule has 1 heterocycles. The van der Waals surface area contributed by atoms with Crippen LogP contribution in [0.4, 0.5) is 18.9 Å². The first-order chi connectivity index (χ1) is 8.54. The SMILES string of the molecule is NCCC1CCCNc2c1cccc2C(F)(F)F. The van der Waals surface area contributed by atoms with Crippen LogP contribution in [0.1, 0.15) is 36.3 Å². The molecule has 1 aromatic rings. The molecule has 0 saturated carbocycles. The van der Waals surface area contributed by atoms with E-state index < -0.39 is 11.7 Å². The zero-order chi connectivity index (χ0) is 13.2. The highest BCUT2D eigenvalue weighted by Gasteiger charge is 2.35. The number of alkyl halides is 3. The Morgan fingerprint density at radius 1 is 1.33 bits per heavy atom. The van der Waals surface area contributed by atoms with E-state index in [-0.39, 0.29) is 11.6 Å². The molecule has 0 aliphatic carbocycles. The second-order valence-corrected chi connectivity index (χ2v) is 4.61. The summed E-state index contributed by atoms with van der Waals surface area (Å²) in [6.07, 6.45) is -1.82. The summed E-state index contributed by atoms with van der Waals surface area (Å²) in [6, 6.07) is 4.40. The topological polar surface area (TPSA) is 38.0 Å². The first kappa shape index (κ1) is 13.2. The van der Waals surface area contributed by atoms with Crippen LogP contribution in [0.2, 0.25) is 0 Å². The van der Waals surface area contributed by atoms with Crippen LogP contribution < -0.4 is 11.1 Å². The molecule has 1 unspecified atom stereocenters. The number of benzene rings is 1. The molecular weight excluding hydrogens is 241 g/mol. The Bertz CT molecular complexity index is 415. The third-order valence-corrected chi connectivity index (χ3v) is 3.39. The van der Waals surface area contributed by atoms with Crippen LogP contribution in [0.5, 0.6) is 0 Å². The summed E-state index contributed by atoms with van der Waals surface area (Å²) < 4.78 is 38.9. The lowest BCUT2D eigenvalue weighted by Gasteiger charge is -2.20. The van der Waals surface area contributed by atoms with E-state index in [2.05, 4.69) is 5.32 Å². The van der Waals surface area contributed by atoms with Crippen LogP contribution in [0.15, 0.2) is 18.2 Å². The van der Waals surface area contributed by atoms with Gasteiger partial charge in [-0.3, -0.25) is 0 Å². The van der Waals surface area contributed by atoms with E-state index >= 15 is 0 Å². The van der Waals surface area contributed by atoms with E-state index in [0.29, 0.717) is 13.1 Å². The molecule has 1 aromatic carbocycles. The molecule has 2 nitrogen and oxygen atoms in total. The highest BCUT2D eigenvalue weighted by Crippen LogP contribution is 2.41. The highest BCUT2D eigenvalue weighted by atomic mass is 19.4. The van der Waals surface area contributed by atoms with Crippen molar-refractivity contribution in [1.29, 1.82) is 0 Å². The number of nitrogens with one attached hydrogen (secondary N) is 1. The number of nitrogens with two attached hydrogens (primary N) is 1. The normalized spacial score (nSPS) is 19.9. The number of fused-ring (bicyclic) bond motifs is 1. The van der Waals surface area contributed by atoms with Gasteiger partial charge in [0.05, 0.1) is 5.56 Å². The average Bonchev–Trinajstić information content (AvgIpc) is 2.51. The van der Waals surface area contributed by atoms with Gasteiger partial charge in [0.1, 0.15) is 0 Å². The molecule has 0 aromatic heterocycles. The van der Waals surface area contributed by atoms with Gasteiger partial charge in [-0.25, -0.2) is 0 Å². The van der Waals surface area contributed by atoms with Crippen molar-refractivity contribution >= 4 is 5.69 Å². The van der Waals surface area contributed by atoms with E-state index in [0.717, 1.165) is 30.9 Å². The Balaban J connectivity index is 2.46. The molecule has 18 heavy (non-hydrogen) atoms. The lowest BCUT2D eigenvalue weighted by Crippen LogP contribution is -2.13. The number of anilines is 1. The van der Waals surface area contributed by atoms with Crippen molar-refractivity contribution < 1.29 is 13.2 Å². The first-order valence-electron chi connectivity index (χ1n) is 6.18. The molecule has 0 fully saturated rings. The predicted molar refractivity (Wildman–Crippen MR) is 65.6 cm³/mol. The van der Waals surface area contributed by atoms with Crippen LogP contribution in [-0.2, 0) is 6.18 Å². The van der Waals surface area contributed by atoms with E-state index in [1.165, 1.54) is 6.07 Å². The Morgan fingerprint density at radius 3 is 2.78 bits per heavy atom. The number of halogens is 3. The van der Waals surface area contributed by atoms with Crippen LogP contribution in [-0.4, -0.2) is 13.1 Å². The van der Waals surface area contributed by atoms with E-state index in [1.807, 2.05) is 0 Å². The quantitative estimate of drug-likeness (QED) is 0.853. The average molecular weight is 258 g/mol. The maximum atomic E-state index is 13.0. The molecule has 0 spiro atoms. The molecule has 3 N–H and O–H groups in total.